The molecule has 0 saturated carbocycles. The van der Waals surface area contributed by atoms with Crippen LogP contribution in [0.15, 0.2) is 60.7 Å². The SMILES string of the molecule is O=C(C1C2C(=O)N(c3ccc(F)cc3)C[C@@]23C=C[C@@H]1O3)N1CCc2ccccc2C1. The molecule has 0 radical (unpaired) electrons. The Hall–Kier alpha value is -2.99. The number of halogens is 1. The van der Waals surface area contributed by atoms with Gasteiger partial charge in [0.05, 0.1) is 24.5 Å². The number of fused-ring (bicyclic) bond motifs is 2. The number of hydrogen-bond donors (Lipinski definition) is 0. The molecule has 2 unspecified atom stereocenters. The lowest BCUT2D eigenvalue weighted by Crippen LogP contribution is -2.47. The van der Waals surface area contributed by atoms with Gasteiger partial charge in [-0.2, -0.15) is 0 Å². The summed E-state index contributed by atoms with van der Waals surface area (Å²) < 4.78 is 19.6. The molecule has 4 atom stereocenters. The van der Waals surface area contributed by atoms with Gasteiger partial charge in [0.1, 0.15) is 11.4 Å². The first kappa shape index (κ1) is 17.8. The summed E-state index contributed by atoms with van der Waals surface area (Å²) in [5.74, 6) is -1.54. The number of carbonyl (C=O) groups excluding carboxylic acids is 2. The van der Waals surface area contributed by atoms with Crippen molar-refractivity contribution in [1.29, 1.82) is 0 Å². The minimum absolute atomic E-state index is 0.0139. The van der Waals surface area contributed by atoms with Gasteiger partial charge in [-0.15, -0.1) is 0 Å². The molecule has 152 valence electrons. The second kappa shape index (κ2) is 6.25. The van der Waals surface area contributed by atoms with Gasteiger partial charge in [-0.25, -0.2) is 4.39 Å². The van der Waals surface area contributed by atoms with Crippen molar-refractivity contribution in [3.05, 3.63) is 77.6 Å². The third kappa shape index (κ3) is 2.43. The summed E-state index contributed by atoms with van der Waals surface area (Å²) in [5, 5.41) is 0. The molecular formula is C24H21FN2O3. The van der Waals surface area contributed by atoms with Gasteiger partial charge in [-0.3, -0.25) is 9.59 Å². The lowest BCUT2D eigenvalue weighted by molar-refractivity contribution is -0.141. The molecule has 4 aliphatic rings. The molecule has 1 spiro atoms. The molecule has 2 aromatic carbocycles. The highest BCUT2D eigenvalue weighted by molar-refractivity contribution is 6.03. The predicted molar refractivity (Wildman–Crippen MR) is 108 cm³/mol. The summed E-state index contributed by atoms with van der Waals surface area (Å²) in [7, 11) is 0. The molecule has 0 N–H and O–H groups in total. The maximum Gasteiger partial charge on any atom is 0.234 e. The number of amides is 2. The number of anilines is 1. The lowest BCUT2D eigenvalue weighted by atomic mass is 9.76. The van der Waals surface area contributed by atoms with Crippen LogP contribution >= 0.6 is 0 Å². The summed E-state index contributed by atoms with van der Waals surface area (Å²) in [5.41, 5.74) is 2.30. The average molecular weight is 404 g/mol. The van der Waals surface area contributed by atoms with Crippen LogP contribution in [0.5, 0.6) is 0 Å². The number of benzene rings is 2. The molecule has 4 aliphatic heterocycles. The highest BCUT2D eigenvalue weighted by Gasteiger charge is 2.67. The Bertz CT molecular complexity index is 1080. The standard InChI is InChI=1S/C24H21FN2O3/c25-17-5-7-18(8-6-17)27-14-24-11-9-19(30-24)20(21(24)23(27)29)22(28)26-12-10-15-3-1-2-4-16(15)13-26/h1-9,11,19-21H,10,12-14H2/t19-,20?,21?,24-/m0/s1. The zero-order chi connectivity index (χ0) is 20.5. The summed E-state index contributed by atoms with van der Waals surface area (Å²) in [6, 6.07) is 14.1. The van der Waals surface area contributed by atoms with Crippen LogP contribution in [-0.4, -0.2) is 41.5 Å². The van der Waals surface area contributed by atoms with Gasteiger partial charge in [0, 0.05) is 18.8 Å². The lowest BCUT2D eigenvalue weighted by Gasteiger charge is -2.33. The van der Waals surface area contributed by atoms with Crippen LogP contribution in [0.25, 0.3) is 0 Å². The monoisotopic (exact) mass is 404 g/mol. The fourth-order valence-corrected chi connectivity index (χ4v) is 5.51. The minimum Gasteiger partial charge on any atom is -0.360 e. The molecule has 5 nitrogen and oxygen atoms in total. The van der Waals surface area contributed by atoms with Gasteiger partial charge < -0.3 is 14.5 Å². The molecule has 4 heterocycles. The Morgan fingerprint density at radius 3 is 2.67 bits per heavy atom. The first-order chi connectivity index (χ1) is 14.6. The van der Waals surface area contributed by atoms with Crippen molar-refractivity contribution in [2.75, 3.05) is 18.0 Å². The van der Waals surface area contributed by atoms with Crippen molar-refractivity contribution < 1.29 is 18.7 Å². The van der Waals surface area contributed by atoms with E-state index in [0.29, 0.717) is 25.3 Å². The molecule has 6 rings (SSSR count). The summed E-state index contributed by atoms with van der Waals surface area (Å²) in [4.78, 5) is 30.5. The van der Waals surface area contributed by atoms with Gasteiger partial charge in [0.25, 0.3) is 0 Å². The smallest absolute Gasteiger partial charge is 0.234 e. The van der Waals surface area contributed by atoms with E-state index in [-0.39, 0.29) is 23.7 Å². The number of hydrogen-bond acceptors (Lipinski definition) is 3. The van der Waals surface area contributed by atoms with E-state index in [2.05, 4.69) is 12.1 Å². The average Bonchev–Trinajstić information content (AvgIpc) is 3.42. The summed E-state index contributed by atoms with van der Waals surface area (Å²) >= 11 is 0. The van der Waals surface area contributed by atoms with Gasteiger partial charge in [-0.1, -0.05) is 36.4 Å². The second-order valence-corrected chi connectivity index (χ2v) is 8.58. The first-order valence-corrected chi connectivity index (χ1v) is 10.4. The molecule has 2 saturated heterocycles. The van der Waals surface area contributed by atoms with Crippen molar-refractivity contribution >= 4 is 17.5 Å². The number of ether oxygens (including phenoxy) is 1. The van der Waals surface area contributed by atoms with Crippen molar-refractivity contribution in [2.24, 2.45) is 11.8 Å². The van der Waals surface area contributed by atoms with Gasteiger partial charge in [0.2, 0.25) is 11.8 Å². The largest absolute Gasteiger partial charge is 0.360 e. The van der Waals surface area contributed by atoms with E-state index < -0.39 is 17.4 Å². The van der Waals surface area contributed by atoms with Crippen molar-refractivity contribution in [3.63, 3.8) is 0 Å². The Morgan fingerprint density at radius 2 is 1.87 bits per heavy atom. The Morgan fingerprint density at radius 1 is 1.10 bits per heavy atom. The van der Waals surface area contributed by atoms with E-state index >= 15 is 0 Å². The van der Waals surface area contributed by atoms with Crippen molar-refractivity contribution in [3.8, 4) is 0 Å². The van der Waals surface area contributed by atoms with E-state index in [1.165, 1.54) is 17.7 Å². The van der Waals surface area contributed by atoms with Crippen LogP contribution in [-0.2, 0) is 27.3 Å². The Kier molecular flexibility index (Phi) is 3.72. The third-order valence-corrected chi connectivity index (χ3v) is 6.97. The van der Waals surface area contributed by atoms with Gasteiger partial charge in [0.15, 0.2) is 0 Å². The predicted octanol–water partition coefficient (Wildman–Crippen LogP) is 2.70. The Labute approximate surface area is 173 Å². The molecule has 0 aliphatic carbocycles. The zero-order valence-electron chi connectivity index (χ0n) is 16.3. The zero-order valence-corrected chi connectivity index (χ0v) is 16.3. The summed E-state index contributed by atoms with van der Waals surface area (Å²) in [6.07, 6.45) is 4.33. The minimum atomic E-state index is -0.774. The maximum absolute atomic E-state index is 13.6. The van der Waals surface area contributed by atoms with Gasteiger partial charge >= 0.3 is 0 Å². The molecular weight excluding hydrogens is 383 g/mol. The highest BCUT2D eigenvalue weighted by Crippen LogP contribution is 2.53. The van der Waals surface area contributed by atoms with Crippen LogP contribution in [0, 0.1) is 17.7 Å². The molecule has 2 aromatic rings. The normalized spacial score (nSPS) is 31.2. The van der Waals surface area contributed by atoms with E-state index in [4.69, 9.17) is 4.74 Å². The van der Waals surface area contributed by atoms with E-state index in [9.17, 15) is 14.0 Å². The Balaban J connectivity index is 1.30. The quantitative estimate of drug-likeness (QED) is 0.724. The number of rotatable bonds is 2. The van der Waals surface area contributed by atoms with Crippen LogP contribution < -0.4 is 4.90 Å². The van der Waals surface area contributed by atoms with E-state index in [0.717, 1.165) is 12.0 Å². The van der Waals surface area contributed by atoms with Gasteiger partial charge in [-0.05, 0) is 41.8 Å². The fourth-order valence-electron chi connectivity index (χ4n) is 5.51. The molecule has 2 amide bonds. The summed E-state index contributed by atoms with van der Waals surface area (Å²) in [6.45, 7) is 1.57. The molecule has 2 bridgehead atoms. The maximum atomic E-state index is 13.6. The molecule has 2 fully saturated rings. The van der Waals surface area contributed by atoms with E-state index in [1.54, 1.807) is 17.0 Å². The topological polar surface area (TPSA) is 49.9 Å². The fraction of sp³-hybridized carbons (Fsp3) is 0.333. The first-order valence-electron chi connectivity index (χ1n) is 10.4. The van der Waals surface area contributed by atoms with Crippen molar-refractivity contribution in [2.45, 2.75) is 24.7 Å². The third-order valence-electron chi connectivity index (χ3n) is 6.97. The molecule has 0 aromatic heterocycles. The van der Waals surface area contributed by atoms with Crippen LogP contribution in [0.3, 0.4) is 0 Å². The highest BCUT2D eigenvalue weighted by atomic mass is 19.1. The number of nitrogens with zero attached hydrogens (tertiary/aromatic N) is 2. The van der Waals surface area contributed by atoms with Crippen LogP contribution in [0.2, 0.25) is 0 Å². The van der Waals surface area contributed by atoms with Crippen molar-refractivity contribution in [1.82, 2.24) is 4.90 Å². The molecule has 6 heteroatoms. The van der Waals surface area contributed by atoms with Crippen LogP contribution in [0.1, 0.15) is 11.1 Å². The number of carbonyl (C=O) groups is 2. The van der Waals surface area contributed by atoms with E-state index in [1.807, 2.05) is 29.2 Å². The molecule has 30 heavy (non-hydrogen) atoms. The second-order valence-electron chi connectivity index (χ2n) is 8.58. The van der Waals surface area contributed by atoms with Crippen LogP contribution in [0.4, 0.5) is 10.1 Å².